The number of aryl methyl sites for hydroxylation is 1. The molecule has 0 bridgehead atoms. The molecule has 0 heterocycles. The third-order valence-electron chi connectivity index (χ3n) is 3.14. The molecule has 2 N–H and O–H groups in total. The number of nitrogens with one attached hydrogen (secondary N) is 1. The highest BCUT2D eigenvalue weighted by atomic mass is 16.4. The Bertz CT molecular complexity index is 442. The molecule has 0 aliphatic heterocycles. The van der Waals surface area contributed by atoms with E-state index in [0.29, 0.717) is 5.56 Å². The van der Waals surface area contributed by atoms with E-state index in [1.165, 1.54) is 0 Å². The molecule has 0 spiro atoms. The molecule has 1 aromatic carbocycles. The summed E-state index contributed by atoms with van der Waals surface area (Å²) in [6.45, 7) is 5.26. The fourth-order valence-corrected chi connectivity index (χ4v) is 1.67. The lowest BCUT2D eigenvalue weighted by atomic mass is 10.0. The second kappa shape index (κ2) is 6.19. The fraction of sp³-hybridized carbons (Fsp3) is 0.429. The summed E-state index contributed by atoms with van der Waals surface area (Å²) >= 11 is 0. The quantitative estimate of drug-likeness (QED) is 0.839. The third-order valence-corrected chi connectivity index (χ3v) is 3.14. The average Bonchev–Trinajstić information content (AvgIpc) is 2.37. The predicted molar refractivity (Wildman–Crippen MR) is 69.5 cm³/mol. The van der Waals surface area contributed by atoms with Gasteiger partial charge < -0.3 is 10.4 Å². The van der Waals surface area contributed by atoms with Gasteiger partial charge in [-0.3, -0.25) is 9.59 Å². The first-order chi connectivity index (χ1) is 8.47. The average molecular weight is 249 g/mol. The molecule has 2 atom stereocenters. The molecule has 0 fully saturated rings. The molecule has 4 heteroatoms. The van der Waals surface area contributed by atoms with Crippen LogP contribution in [0.1, 0.15) is 36.7 Å². The number of benzene rings is 1. The van der Waals surface area contributed by atoms with Crippen molar-refractivity contribution < 1.29 is 14.7 Å². The number of hydrogen-bond acceptors (Lipinski definition) is 2. The molecule has 0 aromatic heterocycles. The van der Waals surface area contributed by atoms with Gasteiger partial charge in [0.05, 0.1) is 5.92 Å². The number of carboxylic acids is 1. The topological polar surface area (TPSA) is 66.4 Å². The molecule has 0 aliphatic rings. The Morgan fingerprint density at radius 1 is 1.28 bits per heavy atom. The minimum absolute atomic E-state index is 0.215. The number of carbonyl (C=O) groups is 2. The Balaban J connectivity index is 2.79. The number of rotatable bonds is 5. The second-order valence-electron chi connectivity index (χ2n) is 4.40. The number of carbonyl (C=O) groups excluding carboxylic acids is 1. The van der Waals surface area contributed by atoms with Crippen molar-refractivity contribution in [3.63, 3.8) is 0 Å². The zero-order valence-electron chi connectivity index (χ0n) is 10.9. The summed E-state index contributed by atoms with van der Waals surface area (Å²) < 4.78 is 0. The highest BCUT2D eigenvalue weighted by Crippen LogP contribution is 2.11. The van der Waals surface area contributed by atoms with Crippen LogP contribution in [0.25, 0.3) is 0 Å². The predicted octanol–water partition coefficient (Wildman–Crippen LogP) is 2.09. The van der Waals surface area contributed by atoms with Gasteiger partial charge in [-0.25, -0.2) is 0 Å². The van der Waals surface area contributed by atoms with E-state index >= 15 is 0 Å². The maximum Gasteiger partial charge on any atom is 0.308 e. The van der Waals surface area contributed by atoms with E-state index in [-0.39, 0.29) is 5.91 Å². The summed E-state index contributed by atoms with van der Waals surface area (Å²) in [5.74, 6) is -1.73. The third kappa shape index (κ3) is 3.32. The standard InChI is InChI=1S/C14H19NO3/c1-4-11-7-5-6-8-12(11)13(16)15-10(3)9(2)14(17)18/h5-10H,4H2,1-3H3,(H,15,16)(H,17,18). The van der Waals surface area contributed by atoms with E-state index in [0.717, 1.165) is 12.0 Å². The van der Waals surface area contributed by atoms with Crippen molar-refractivity contribution in [1.29, 1.82) is 0 Å². The Labute approximate surface area is 107 Å². The smallest absolute Gasteiger partial charge is 0.308 e. The van der Waals surface area contributed by atoms with Crippen LogP contribution in [0, 0.1) is 5.92 Å². The Hall–Kier alpha value is -1.84. The van der Waals surface area contributed by atoms with E-state index < -0.39 is 17.9 Å². The number of hydrogen-bond donors (Lipinski definition) is 2. The van der Waals surface area contributed by atoms with Gasteiger partial charge >= 0.3 is 5.97 Å². The molecular formula is C14H19NO3. The summed E-state index contributed by atoms with van der Waals surface area (Å²) in [6.07, 6.45) is 0.770. The van der Waals surface area contributed by atoms with Gasteiger partial charge in [-0.1, -0.05) is 25.1 Å². The fourth-order valence-electron chi connectivity index (χ4n) is 1.67. The molecule has 98 valence electrons. The van der Waals surface area contributed by atoms with Crippen LogP contribution >= 0.6 is 0 Å². The van der Waals surface area contributed by atoms with Gasteiger partial charge in [0.2, 0.25) is 0 Å². The van der Waals surface area contributed by atoms with Crippen LogP contribution in [0.2, 0.25) is 0 Å². The van der Waals surface area contributed by atoms with Crippen molar-refractivity contribution in [3.05, 3.63) is 35.4 Å². The zero-order valence-corrected chi connectivity index (χ0v) is 10.9. The first-order valence-corrected chi connectivity index (χ1v) is 6.09. The summed E-state index contributed by atoms with van der Waals surface area (Å²) in [6, 6.07) is 6.95. The summed E-state index contributed by atoms with van der Waals surface area (Å²) in [5.41, 5.74) is 1.58. The highest BCUT2D eigenvalue weighted by Gasteiger charge is 2.22. The SMILES string of the molecule is CCc1ccccc1C(=O)NC(C)C(C)C(=O)O. The molecule has 4 nitrogen and oxygen atoms in total. The van der Waals surface area contributed by atoms with Crippen molar-refractivity contribution >= 4 is 11.9 Å². The molecule has 0 radical (unpaired) electrons. The lowest BCUT2D eigenvalue weighted by molar-refractivity contribution is -0.141. The first kappa shape index (κ1) is 14.2. The molecule has 0 saturated heterocycles. The molecule has 1 amide bonds. The van der Waals surface area contributed by atoms with Crippen LogP contribution in [-0.4, -0.2) is 23.0 Å². The minimum Gasteiger partial charge on any atom is -0.481 e. The van der Waals surface area contributed by atoms with E-state index in [1.54, 1.807) is 26.0 Å². The van der Waals surface area contributed by atoms with Crippen LogP contribution < -0.4 is 5.32 Å². The lowest BCUT2D eigenvalue weighted by Gasteiger charge is -2.18. The van der Waals surface area contributed by atoms with Gasteiger partial charge in [-0.15, -0.1) is 0 Å². The molecule has 0 saturated carbocycles. The van der Waals surface area contributed by atoms with Crippen molar-refractivity contribution in [3.8, 4) is 0 Å². The van der Waals surface area contributed by atoms with Crippen molar-refractivity contribution in [2.24, 2.45) is 5.92 Å². The van der Waals surface area contributed by atoms with Gasteiger partial charge in [0, 0.05) is 11.6 Å². The minimum atomic E-state index is -0.911. The van der Waals surface area contributed by atoms with E-state index in [2.05, 4.69) is 5.32 Å². The normalized spacial score (nSPS) is 13.7. The summed E-state index contributed by atoms with van der Waals surface area (Å²) in [4.78, 5) is 22.9. The van der Waals surface area contributed by atoms with Crippen LogP contribution in [-0.2, 0) is 11.2 Å². The number of aliphatic carboxylic acids is 1. The van der Waals surface area contributed by atoms with Crippen LogP contribution in [0.4, 0.5) is 0 Å². The molecular weight excluding hydrogens is 230 g/mol. The summed E-state index contributed by atoms with van der Waals surface area (Å²) in [5, 5.41) is 11.6. The second-order valence-corrected chi connectivity index (χ2v) is 4.40. The van der Waals surface area contributed by atoms with Crippen molar-refractivity contribution in [2.75, 3.05) is 0 Å². The molecule has 1 aromatic rings. The van der Waals surface area contributed by atoms with Gasteiger partial charge in [0.15, 0.2) is 0 Å². The van der Waals surface area contributed by atoms with Crippen molar-refractivity contribution in [1.82, 2.24) is 5.32 Å². The number of carboxylic acid groups (broad SMARTS) is 1. The van der Waals surface area contributed by atoms with Crippen LogP contribution in [0.15, 0.2) is 24.3 Å². The highest BCUT2D eigenvalue weighted by molar-refractivity contribution is 5.96. The first-order valence-electron chi connectivity index (χ1n) is 6.09. The maximum absolute atomic E-state index is 12.1. The van der Waals surface area contributed by atoms with Gasteiger partial charge in [0.1, 0.15) is 0 Å². The molecule has 2 unspecified atom stereocenters. The molecule has 1 rings (SSSR count). The Kier molecular flexibility index (Phi) is 4.89. The maximum atomic E-state index is 12.1. The lowest BCUT2D eigenvalue weighted by Crippen LogP contribution is -2.40. The van der Waals surface area contributed by atoms with Crippen LogP contribution in [0.3, 0.4) is 0 Å². The van der Waals surface area contributed by atoms with E-state index in [1.807, 2.05) is 19.1 Å². The Morgan fingerprint density at radius 3 is 2.44 bits per heavy atom. The monoisotopic (exact) mass is 249 g/mol. The molecule has 18 heavy (non-hydrogen) atoms. The largest absolute Gasteiger partial charge is 0.481 e. The van der Waals surface area contributed by atoms with Gasteiger partial charge in [0.25, 0.3) is 5.91 Å². The zero-order chi connectivity index (χ0) is 13.7. The number of amides is 1. The van der Waals surface area contributed by atoms with Crippen LogP contribution in [0.5, 0.6) is 0 Å². The van der Waals surface area contributed by atoms with Gasteiger partial charge in [-0.05, 0) is 31.9 Å². The van der Waals surface area contributed by atoms with Crippen molar-refractivity contribution in [2.45, 2.75) is 33.2 Å². The molecule has 0 aliphatic carbocycles. The Morgan fingerprint density at radius 2 is 1.89 bits per heavy atom. The summed E-state index contributed by atoms with van der Waals surface area (Å²) in [7, 11) is 0. The van der Waals surface area contributed by atoms with E-state index in [4.69, 9.17) is 5.11 Å². The van der Waals surface area contributed by atoms with Gasteiger partial charge in [-0.2, -0.15) is 0 Å². The van der Waals surface area contributed by atoms with E-state index in [9.17, 15) is 9.59 Å².